The van der Waals surface area contributed by atoms with Crippen LogP contribution in [0, 0.1) is 0 Å². The lowest BCUT2D eigenvalue weighted by Crippen LogP contribution is -2.33. The summed E-state index contributed by atoms with van der Waals surface area (Å²) in [6.07, 6.45) is 3.78. The number of hydrogen-bond donors (Lipinski definition) is 2. The summed E-state index contributed by atoms with van der Waals surface area (Å²) in [6.45, 7) is 1.41. The van der Waals surface area contributed by atoms with E-state index in [1.54, 1.807) is 28.4 Å². The van der Waals surface area contributed by atoms with Crippen LogP contribution >= 0.6 is 0 Å². The molecule has 10 nitrogen and oxygen atoms in total. The molecule has 0 amide bonds. The van der Waals surface area contributed by atoms with Crippen molar-refractivity contribution in [1.82, 2.24) is 0 Å². The van der Waals surface area contributed by atoms with Crippen LogP contribution in [0.5, 0.6) is 34.5 Å². The van der Waals surface area contributed by atoms with Gasteiger partial charge in [0.05, 0.1) is 50.5 Å². The van der Waals surface area contributed by atoms with E-state index in [4.69, 9.17) is 28.9 Å². The molecule has 264 valence electrons. The van der Waals surface area contributed by atoms with E-state index >= 15 is 0 Å². The molecule has 2 N–H and O–H groups in total. The first kappa shape index (κ1) is 32.0. The van der Waals surface area contributed by atoms with Crippen molar-refractivity contribution in [2.75, 3.05) is 51.3 Å². The van der Waals surface area contributed by atoms with Gasteiger partial charge >= 0.3 is 0 Å². The summed E-state index contributed by atoms with van der Waals surface area (Å²) < 4.78 is 22.4. The molecule has 5 aliphatic rings. The third-order valence-corrected chi connectivity index (χ3v) is 11.2. The molecule has 0 unspecified atom stereocenters. The smallest absolute Gasteiger partial charge is 0.163 e. The Hall–Kier alpha value is -5.90. The Bertz CT molecular complexity index is 2350. The van der Waals surface area contributed by atoms with Gasteiger partial charge in [-0.25, -0.2) is 9.98 Å². The molecule has 52 heavy (non-hydrogen) atoms. The van der Waals surface area contributed by atoms with Gasteiger partial charge in [0, 0.05) is 69.6 Å². The number of nitrogens with zero attached hydrogens (tertiary/aromatic N) is 4. The minimum absolute atomic E-state index is 0.142. The Morgan fingerprint density at radius 3 is 1.37 bits per heavy atom. The van der Waals surface area contributed by atoms with E-state index in [2.05, 4.69) is 34.1 Å². The first-order valence-electron chi connectivity index (χ1n) is 17.7. The average Bonchev–Trinajstić information content (AvgIpc) is 3.73. The standard InChI is InChI=1S/C42H40N4O6/c1-49-23-5-7-25-27-17-19-45-33-13-15-37(51-3)42(48)30(33)10-12-36-40-28(26-8-6-24(50-2)22-32(26)44-40)18-20-46(36)34-14-16-38(52-4)41(47)29(34)9-11-35(45)39(27)43-31(25)21-23/h5-8,13-16,21-22,47-48H,9-12,17-20H2,1-4H3. The monoisotopic (exact) mass is 696 g/mol. The number of anilines is 2. The second-order valence-corrected chi connectivity index (χ2v) is 13.6. The zero-order valence-corrected chi connectivity index (χ0v) is 29.7. The molecule has 0 bridgehead atoms. The fourth-order valence-electron chi connectivity index (χ4n) is 8.62. The third kappa shape index (κ3) is 4.84. The Kier molecular flexibility index (Phi) is 7.64. The van der Waals surface area contributed by atoms with E-state index in [1.807, 2.05) is 36.4 Å². The van der Waals surface area contributed by atoms with Crippen LogP contribution in [0.2, 0.25) is 0 Å². The maximum Gasteiger partial charge on any atom is 0.163 e. The van der Waals surface area contributed by atoms with Crippen LogP contribution in [0.1, 0.15) is 36.8 Å². The molecule has 5 aliphatic heterocycles. The van der Waals surface area contributed by atoms with Crippen LogP contribution in [0.4, 0.5) is 11.4 Å². The minimum atomic E-state index is 0.142. The zero-order valence-electron chi connectivity index (χ0n) is 29.7. The fourth-order valence-corrected chi connectivity index (χ4v) is 8.62. The van der Waals surface area contributed by atoms with Gasteiger partial charge in [0.1, 0.15) is 11.5 Å². The van der Waals surface area contributed by atoms with Crippen LogP contribution in [-0.4, -0.2) is 51.7 Å². The highest BCUT2D eigenvalue weighted by Gasteiger charge is 2.34. The molecule has 0 atom stereocenters. The minimum Gasteiger partial charge on any atom is -0.504 e. The highest BCUT2D eigenvalue weighted by molar-refractivity contribution is 5.79. The Morgan fingerprint density at radius 1 is 0.519 bits per heavy atom. The lowest BCUT2D eigenvalue weighted by atomic mass is 9.91. The van der Waals surface area contributed by atoms with E-state index in [0.29, 0.717) is 50.3 Å². The second-order valence-electron chi connectivity index (χ2n) is 13.6. The van der Waals surface area contributed by atoms with E-state index in [0.717, 1.165) is 90.8 Å². The second kappa shape index (κ2) is 12.4. The molecule has 0 aromatic heterocycles. The van der Waals surface area contributed by atoms with Crippen molar-refractivity contribution in [3.05, 3.63) is 116 Å². The molecular weight excluding hydrogens is 656 g/mol. The molecule has 0 fully saturated rings. The highest BCUT2D eigenvalue weighted by Crippen LogP contribution is 2.47. The van der Waals surface area contributed by atoms with Gasteiger partial charge in [-0.1, -0.05) is 0 Å². The molecular formula is C42H40N4O6. The predicted molar refractivity (Wildman–Crippen MR) is 198 cm³/mol. The van der Waals surface area contributed by atoms with Crippen molar-refractivity contribution < 1.29 is 29.2 Å². The molecule has 0 saturated carbocycles. The number of fused-ring (bicyclic) bond motifs is 10. The molecule has 0 spiro atoms. The molecule has 4 aromatic rings. The maximum absolute atomic E-state index is 11.8. The van der Waals surface area contributed by atoms with Crippen molar-refractivity contribution in [1.29, 1.82) is 0 Å². The Balaban J connectivity index is 1.28. The molecule has 0 saturated heterocycles. The van der Waals surface area contributed by atoms with Gasteiger partial charge in [-0.2, -0.15) is 0 Å². The molecule has 0 aliphatic carbocycles. The fraction of sp³-hybridized carbons (Fsp3) is 0.286. The van der Waals surface area contributed by atoms with E-state index < -0.39 is 0 Å². The summed E-state index contributed by atoms with van der Waals surface area (Å²) in [5.74, 6) is 2.69. The summed E-state index contributed by atoms with van der Waals surface area (Å²) in [6, 6.07) is 20.0. The van der Waals surface area contributed by atoms with Crippen molar-refractivity contribution in [2.45, 2.75) is 38.5 Å². The number of ether oxygens (including phenoxy) is 4. The van der Waals surface area contributed by atoms with Gasteiger partial charge in [-0.05, 0) is 98.2 Å². The van der Waals surface area contributed by atoms with Gasteiger partial charge in [0.2, 0.25) is 0 Å². The van der Waals surface area contributed by atoms with Crippen LogP contribution < -0.4 is 49.9 Å². The molecule has 0 radical (unpaired) electrons. The molecule has 9 rings (SSSR count). The van der Waals surface area contributed by atoms with Gasteiger partial charge in [0.25, 0.3) is 0 Å². The third-order valence-electron chi connectivity index (χ3n) is 11.2. The van der Waals surface area contributed by atoms with Crippen LogP contribution in [0.25, 0.3) is 11.1 Å². The van der Waals surface area contributed by atoms with Crippen molar-refractivity contribution in [3.8, 4) is 34.5 Å². The van der Waals surface area contributed by atoms with Crippen molar-refractivity contribution in [2.24, 2.45) is 9.98 Å². The summed E-state index contributed by atoms with van der Waals surface area (Å²) >= 11 is 0. The quantitative estimate of drug-likeness (QED) is 0.321. The topological polar surface area (TPSA) is 109 Å². The first-order chi connectivity index (χ1) is 25.4. The van der Waals surface area contributed by atoms with Crippen molar-refractivity contribution in [3.63, 3.8) is 0 Å². The number of methoxy groups -OCH3 is 4. The lowest BCUT2D eigenvalue weighted by Gasteiger charge is -2.38. The summed E-state index contributed by atoms with van der Waals surface area (Å²) in [5, 5.41) is 27.7. The average molecular weight is 697 g/mol. The highest BCUT2D eigenvalue weighted by atomic mass is 16.5. The van der Waals surface area contributed by atoms with Crippen LogP contribution in [-0.2, 0) is 12.8 Å². The lowest BCUT2D eigenvalue weighted by molar-refractivity contribution is 0.370. The first-order valence-corrected chi connectivity index (χ1v) is 17.7. The summed E-state index contributed by atoms with van der Waals surface area (Å²) in [4.78, 5) is 15.1. The number of phenols is 2. The summed E-state index contributed by atoms with van der Waals surface area (Å²) in [7, 11) is 6.51. The largest absolute Gasteiger partial charge is 0.504 e. The van der Waals surface area contributed by atoms with Gasteiger partial charge in [0.15, 0.2) is 23.0 Å². The number of allylic oxidation sites excluding steroid dienone is 4. The maximum atomic E-state index is 11.8. The number of hydrogen-bond acceptors (Lipinski definition) is 10. The van der Waals surface area contributed by atoms with E-state index in [1.165, 1.54) is 11.1 Å². The van der Waals surface area contributed by atoms with E-state index in [9.17, 15) is 10.2 Å². The molecule has 4 aromatic carbocycles. The Morgan fingerprint density at radius 2 is 0.962 bits per heavy atom. The van der Waals surface area contributed by atoms with Crippen LogP contribution in [0.15, 0.2) is 93.4 Å². The van der Waals surface area contributed by atoms with Crippen LogP contribution in [0.3, 0.4) is 0 Å². The zero-order chi connectivity index (χ0) is 35.7. The van der Waals surface area contributed by atoms with Gasteiger partial charge in [-0.3, -0.25) is 0 Å². The molecule has 10 heteroatoms. The molecule has 5 heterocycles. The number of aromatic hydroxyl groups is 2. The number of phenolic OH excluding ortho intramolecular Hbond substituents is 2. The predicted octanol–water partition coefficient (Wildman–Crippen LogP) is 4.52. The van der Waals surface area contributed by atoms with Gasteiger partial charge < -0.3 is 39.0 Å². The van der Waals surface area contributed by atoms with Crippen molar-refractivity contribution >= 4 is 22.5 Å². The van der Waals surface area contributed by atoms with E-state index in [-0.39, 0.29) is 11.5 Å². The summed E-state index contributed by atoms with van der Waals surface area (Å²) in [5.41, 5.74) is 9.84. The SMILES string of the molecule is COc1ccc2c(c1)=NC1=C3CCc4c(ccc(OC)c4O)N4CCC5=c6ccc(OC)cc6=NC5=C4CCc4c(ccc(OC)c4O)N3CCC=21. The Labute approximate surface area is 301 Å². The normalized spacial score (nSPS) is 17.2. The van der Waals surface area contributed by atoms with Gasteiger partial charge in [-0.15, -0.1) is 0 Å². The number of benzene rings is 4. The number of rotatable bonds is 4.